The fourth-order valence-corrected chi connectivity index (χ4v) is 1.32. The summed E-state index contributed by atoms with van der Waals surface area (Å²) in [6.45, 7) is 4.12. The molecule has 1 atom stereocenters. The summed E-state index contributed by atoms with van der Waals surface area (Å²) in [5.74, 6) is 0. The van der Waals surface area contributed by atoms with Crippen molar-refractivity contribution in [2.45, 2.75) is 19.9 Å². The van der Waals surface area contributed by atoms with E-state index in [4.69, 9.17) is 10.8 Å². The molecule has 0 spiro atoms. The number of aliphatic hydroxyl groups is 1. The van der Waals surface area contributed by atoms with E-state index in [1.165, 1.54) is 5.56 Å². The Hall–Kier alpha value is -1.22. The van der Waals surface area contributed by atoms with Gasteiger partial charge < -0.3 is 15.7 Å². The summed E-state index contributed by atoms with van der Waals surface area (Å²) in [6.07, 6.45) is 0. The third-order valence-corrected chi connectivity index (χ3v) is 2.49. The van der Waals surface area contributed by atoms with E-state index in [0.717, 1.165) is 11.4 Å². The van der Waals surface area contributed by atoms with E-state index in [1.54, 1.807) is 0 Å². The molecule has 1 aromatic carbocycles. The Morgan fingerprint density at radius 3 is 2.71 bits per heavy atom. The predicted molar refractivity (Wildman–Crippen MR) is 60.5 cm³/mol. The van der Waals surface area contributed by atoms with Crippen LogP contribution in [0.4, 0.5) is 11.4 Å². The van der Waals surface area contributed by atoms with Gasteiger partial charge >= 0.3 is 0 Å². The van der Waals surface area contributed by atoms with Gasteiger partial charge in [0.25, 0.3) is 0 Å². The van der Waals surface area contributed by atoms with Crippen LogP contribution < -0.4 is 10.6 Å². The number of likely N-dealkylation sites (N-methyl/N-ethyl adjacent to an activating group) is 1. The molecule has 0 radical (unpaired) electrons. The maximum atomic E-state index is 9.04. The third kappa shape index (κ3) is 2.17. The van der Waals surface area contributed by atoms with Crippen molar-refractivity contribution in [2.24, 2.45) is 0 Å². The molecule has 0 heterocycles. The second-order valence-corrected chi connectivity index (χ2v) is 3.70. The van der Waals surface area contributed by atoms with E-state index in [2.05, 4.69) is 0 Å². The van der Waals surface area contributed by atoms with Crippen molar-refractivity contribution in [1.29, 1.82) is 0 Å². The summed E-state index contributed by atoms with van der Waals surface area (Å²) >= 11 is 0. The zero-order chi connectivity index (χ0) is 10.7. The van der Waals surface area contributed by atoms with Crippen molar-refractivity contribution in [3.8, 4) is 0 Å². The third-order valence-electron chi connectivity index (χ3n) is 2.49. The van der Waals surface area contributed by atoms with Gasteiger partial charge in [0.1, 0.15) is 0 Å². The topological polar surface area (TPSA) is 49.5 Å². The number of anilines is 2. The Morgan fingerprint density at radius 2 is 2.14 bits per heavy atom. The van der Waals surface area contributed by atoms with Gasteiger partial charge in [0.2, 0.25) is 0 Å². The van der Waals surface area contributed by atoms with Crippen LogP contribution in [0.3, 0.4) is 0 Å². The quantitative estimate of drug-likeness (QED) is 0.715. The van der Waals surface area contributed by atoms with Crippen LogP contribution in [0.1, 0.15) is 12.5 Å². The van der Waals surface area contributed by atoms with Crippen LogP contribution in [0.2, 0.25) is 0 Å². The van der Waals surface area contributed by atoms with Crippen LogP contribution in [0.15, 0.2) is 18.2 Å². The van der Waals surface area contributed by atoms with Gasteiger partial charge in [-0.1, -0.05) is 6.07 Å². The minimum Gasteiger partial charge on any atom is -0.397 e. The maximum absolute atomic E-state index is 9.04. The molecule has 0 bridgehead atoms. The second-order valence-electron chi connectivity index (χ2n) is 3.70. The Labute approximate surface area is 85.2 Å². The average molecular weight is 194 g/mol. The highest BCUT2D eigenvalue weighted by molar-refractivity contribution is 5.68. The SMILES string of the molecule is Cc1ccc(N)c(N(C)C(C)CO)c1. The van der Waals surface area contributed by atoms with E-state index in [1.807, 2.05) is 44.0 Å². The van der Waals surface area contributed by atoms with Gasteiger partial charge in [-0.05, 0) is 31.5 Å². The smallest absolute Gasteiger partial charge is 0.0632 e. The molecule has 0 aliphatic heterocycles. The summed E-state index contributed by atoms with van der Waals surface area (Å²) in [5.41, 5.74) is 8.76. The number of aryl methyl sites for hydroxylation is 1. The van der Waals surface area contributed by atoms with Crippen LogP contribution >= 0.6 is 0 Å². The van der Waals surface area contributed by atoms with Crippen LogP contribution in [0.5, 0.6) is 0 Å². The molecule has 0 aliphatic rings. The summed E-state index contributed by atoms with van der Waals surface area (Å²) < 4.78 is 0. The fourth-order valence-electron chi connectivity index (χ4n) is 1.32. The van der Waals surface area contributed by atoms with E-state index in [9.17, 15) is 0 Å². The molecule has 1 rings (SSSR count). The van der Waals surface area contributed by atoms with Gasteiger partial charge in [-0.15, -0.1) is 0 Å². The average Bonchev–Trinajstić information content (AvgIpc) is 2.19. The molecule has 0 saturated carbocycles. The lowest BCUT2D eigenvalue weighted by Crippen LogP contribution is -2.32. The highest BCUT2D eigenvalue weighted by Gasteiger charge is 2.11. The van der Waals surface area contributed by atoms with Gasteiger partial charge in [-0.3, -0.25) is 0 Å². The number of nitrogens with two attached hydrogens (primary N) is 1. The van der Waals surface area contributed by atoms with E-state index in [0.29, 0.717) is 0 Å². The molecule has 0 amide bonds. The molecule has 0 aromatic heterocycles. The molecule has 3 heteroatoms. The molecule has 3 nitrogen and oxygen atoms in total. The lowest BCUT2D eigenvalue weighted by molar-refractivity contribution is 0.270. The summed E-state index contributed by atoms with van der Waals surface area (Å²) in [6, 6.07) is 5.99. The zero-order valence-corrected chi connectivity index (χ0v) is 8.99. The van der Waals surface area contributed by atoms with Crippen molar-refractivity contribution in [3.05, 3.63) is 23.8 Å². The summed E-state index contributed by atoms with van der Waals surface area (Å²) in [5, 5.41) is 9.04. The Morgan fingerprint density at radius 1 is 1.50 bits per heavy atom. The van der Waals surface area contributed by atoms with Crippen molar-refractivity contribution in [1.82, 2.24) is 0 Å². The monoisotopic (exact) mass is 194 g/mol. The van der Waals surface area contributed by atoms with Crippen molar-refractivity contribution < 1.29 is 5.11 Å². The molecular weight excluding hydrogens is 176 g/mol. The number of nitrogens with zero attached hydrogens (tertiary/aromatic N) is 1. The lowest BCUT2D eigenvalue weighted by atomic mass is 10.1. The van der Waals surface area contributed by atoms with E-state index < -0.39 is 0 Å². The van der Waals surface area contributed by atoms with E-state index in [-0.39, 0.29) is 12.6 Å². The number of rotatable bonds is 3. The van der Waals surface area contributed by atoms with Gasteiger partial charge in [0.15, 0.2) is 0 Å². The molecule has 14 heavy (non-hydrogen) atoms. The first-order chi connectivity index (χ1) is 6.56. The minimum atomic E-state index is 0.0825. The molecular formula is C11H18N2O. The first kappa shape index (κ1) is 10.9. The van der Waals surface area contributed by atoms with Crippen LogP contribution in [-0.2, 0) is 0 Å². The molecule has 0 aliphatic carbocycles. The Balaban J connectivity index is 2.99. The zero-order valence-electron chi connectivity index (χ0n) is 8.99. The minimum absolute atomic E-state index is 0.0825. The highest BCUT2D eigenvalue weighted by atomic mass is 16.3. The fraction of sp³-hybridized carbons (Fsp3) is 0.455. The van der Waals surface area contributed by atoms with Crippen molar-refractivity contribution in [2.75, 3.05) is 24.3 Å². The molecule has 0 fully saturated rings. The maximum Gasteiger partial charge on any atom is 0.0632 e. The predicted octanol–water partition coefficient (Wildman–Crippen LogP) is 1.39. The van der Waals surface area contributed by atoms with E-state index >= 15 is 0 Å². The standard InChI is InChI=1S/C11H18N2O/c1-8-4-5-10(12)11(6-8)13(3)9(2)7-14/h4-6,9,14H,7,12H2,1-3H3. The Bertz CT molecular complexity index is 312. The van der Waals surface area contributed by atoms with Gasteiger partial charge in [-0.2, -0.15) is 0 Å². The first-order valence-corrected chi connectivity index (χ1v) is 4.76. The normalized spacial score (nSPS) is 12.6. The van der Waals surface area contributed by atoms with Crippen molar-refractivity contribution >= 4 is 11.4 Å². The molecule has 1 unspecified atom stereocenters. The van der Waals surface area contributed by atoms with Gasteiger partial charge in [-0.25, -0.2) is 0 Å². The lowest BCUT2D eigenvalue weighted by Gasteiger charge is -2.26. The first-order valence-electron chi connectivity index (χ1n) is 4.76. The van der Waals surface area contributed by atoms with Gasteiger partial charge in [0.05, 0.1) is 18.0 Å². The van der Waals surface area contributed by atoms with Gasteiger partial charge in [0, 0.05) is 13.1 Å². The van der Waals surface area contributed by atoms with Crippen LogP contribution in [-0.4, -0.2) is 24.8 Å². The summed E-state index contributed by atoms with van der Waals surface area (Å²) in [7, 11) is 1.94. The molecule has 1 aromatic rings. The number of aliphatic hydroxyl groups excluding tert-OH is 1. The number of benzene rings is 1. The molecule has 3 N–H and O–H groups in total. The van der Waals surface area contributed by atoms with Crippen LogP contribution in [0, 0.1) is 6.92 Å². The molecule has 0 saturated heterocycles. The number of hydrogen-bond acceptors (Lipinski definition) is 3. The number of hydrogen-bond donors (Lipinski definition) is 2. The van der Waals surface area contributed by atoms with Crippen molar-refractivity contribution in [3.63, 3.8) is 0 Å². The van der Waals surface area contributed by atoms with Crippen LogP contribution in [0.25, 0.3) is 0 Å². The largest absolute Gasteiger partial charge is 0.397 e. The summed E-state index contributed by atoms with van der Waals surface area (Å²) in [4.78, 5) is 1.99. The highest BCUT2D eigenvalue weighted by Crippen LogP contribution is 2.24. The molecule has 78 valence electrons. The Kier molecular flexibility index (Phi) is 3.36. The number of nitrogen functional groups attached to an aromatic ring is 1. The second kappa shape index (κ2) is 4.33.